The predicted octanol–water partition coefficient (Wildman–Crippen LogP) is 3.14. The van der Waals surface area contributed by atoms with Crippen LogP contribution < -0.4 is 5.73 Å². The molecule has 1 saturated heterocycles. The van der Waals surface area contributed by atoms with Crippen molar-refractivity contribution in [3.05, 3.63) is 34.3 Å². The second kappa shape index (κ2) is 6.78. The van der Waals surface area contributed by atoms with E-state index in [2.05, 4.69) is 38.0 Å². The lowest BCUT2D eigenvalue weighted by Crippen LogP contribution is -2.38. The SMILES string of the molecule is NC(=NCc1ccc(Br)cc1)N1CCCCCC1. The zero-order chi connectivity index (χ0) is 12.8. The summed E-state index contributed by atoms with van der Waals surface area (Å²) in [6.07, 6.45) is 5.09. The number of nitrogens with zero attached hydrogens (tertiary/aromatic N) is 2. The summed E-state index contributed by atoms with van der Waals surface area (Å²) in [5.74, 6) is 0.694. The van der Waals surface area contributed by atoms with Crippen molar-refractivity contribution >= 4 is 21.9 Å². The van der Waals surface area contributed by atoms with Gasteiger partial charge in [-0.25, -0.2) is 4.99 Å². The van der Waals surface area contributed by atoms with E-state index >= 15 is 0 Å². The summed E-state index contributed by atoms with van der Waals surface area (Å²) in [6.45, 7) is 2.76. The Kier molecular flexibility index (Phi) is 5.05. The Morgan fingerprint density at radius 3 is 2.33 bits per heavy atom. The highest BCUT2D eigenvalue weighted by Gasteiger charge is 2.10. The van der Waals surface area contributed by atoms with E-state index in [4.69, 9.17) is 5.73 Å². The van der Waals surface area contributed by atoms with Crippen LogP contribution in [0, 0.1) is 0 Å². The number of benzene rings is 1. The number of halogens is 1. The van der Waals surface area contributed by atoms with E-state index in [9.17, 15) is 0 Å². The molecule has 1 aliphatic rings. The summed E-state index contributed by atoms with van der Waals surface area (Å²) in [4.78, 5) is 6.71. The van der Waals surface area contributed by atoms with Gasteiger partial charge in [-0.3, -0.25) is 0 Å². The smallest absolute Gasteiger partial charge is 0.191 e. The lowest BCUT2D eigenvalue weighted by atomic mass is 10.2. The predicted molar refractivity (Wildman–Crippen MR) is 79.5 cm³/mol. The fraction of sp³-hybridized carbons (Fsp3) is 0.500. The Morgan fingerprint density at radius 1 is 1.11 bits per heavy atom. The maximum Gasteiger partial charge on any atom is 0.191 e. The van der Waals surface area contributed by atoms with Gasteiger partial charge in [0, 0.05) is 17.6 Å². The van der Waals surface area contributed by atoms with Gasteiger partial charge in [-0.05, 0) is 30.5 Å². The maximum absolute atomic E-state index is 6.06. The average molecular weight is 310 g/mol. The molecule has 0 amide bonds. The highest BCUT2D eigenvalue weighted by molar-refractivity contribution is 9.10. The number of hydrogen-bond acceptors (Lipinski definition) is 1. The summed E-state index contributed by atoms with van der Waals surface area (Å²) < 4.78 is 1.09. The van der Waals surface area contributed by atoms with Gasteiger partial charge in [0.05, 0.1) is 6.54 Å². The van der Waals surface area contributed by atoms with Crippen molar-refractivity contribution in [2.24, 2.45) is 10.7 Å². The van der Waals surface area contributed by atoms with Gasteiger partial charge in [-0.1, -0.05) is 40.9 Å². The van der Waals surface area contributed by atoms with E-state index in [-0.39, 0.29) is 0 Å². The molecule has 0 radical (unpaired) electrons. The molecule has 0 aromatic heterocycles. The number of rotatable bonds is 2. The van der Waals surface area contributed by atoms with Gasteiger partial charge < -0.3 is 10.6 Å². The molecule has 1 aliphatic heterocycles. The van der Waals surface area contributed by atoms with Crippen LogP contribution in [0.4, 0.5) is 0 Å². The summed E-state index contributed by atoms with van der Waals surface area (Å²) in [5, 5.41) is 0. The summed E-state index contributed by atoms with van der Waals surface area (Å²) in [5.41, 5.74) is 7.25. The minimum atomic E-state index is 0.662. The first-order valence-corrected chi connectivity index (χ1v) is 7.34. The van der Waals surface area contributed by atoms with Gasteiger partial charge in [0.1, 0.15) is 0 Å². The Morgan fingerprint density at radius 2 is 1.72 bits per heavy atom. The lowest BCUT2D eigenvalue weighted by molar-refractivity contribution is 0.428. The summed E-state index contributed by atoms with van der Waals surface area (Å²) >= 11 is 3.43. The molecule has 98 valence electrons. The highest BCUT2D eigenvalue weighted by atomic mass is 79.9. The highest BCUT2D eigenvalue weighted by Crippen LogP contribution is 2.12. The molecule has 1 aromatic rings. The molecule has 0 bridgehead atoms. The van der Waals surface area contributed by atoms with Gasteiger partial charge in [-0.2, -0.15) is 0 Å². The number of guanidine groups is 1. The summed E-state index contributed by atoms with van der Waals surface area (Å²) in [7, 11) is 0. The summed E-state index contributed by atoms with van der Waals surface area (Å²) in [6, 6.07) is 8.21. The van der Waals surface area contributed by atoms with Gasteiger partial charge in [-0.15, -0.1) is 0 Å². The molecule has 2 N–H and O–H groups in total. The second-order valence-corrected chi connectivity index (χ2v) is 5.62. The van der Waals surface area contributed by atoms with E-state index < -0.39 is 0 Å². The molecule has 0 atom stereocenters. The molecular formula is C14H20BrN3. The number of likely N-dealkylation sites (tertiary alicyclic amines) is 1. The fourth-order valence-electron chi connectivity index (χ4n) is 2.16. The molecule has 1 fully saturated rings. The van der Waals surface area contributed by atoms with E-state index in [1.165, 1.54) is 31.2 Å². The van der Waals surface area contributed by atoms with Crippen LogP contribution in [-0.4, -0.2) is 23.9 Å². The topological polar surface area (TPSA) is 41.6 Å². The fourth-order valence-corrected chi connectivity index (χ4v) is 2.43. The molecule has 18 heavy (non-hydrogen) atoms. The number of aliphatic imine (C=N–C) groups is 1. The maximum atomic E-state index is 6.06. The van der Waals surface area contributed by atoms with E-state index in [0.29, 0.717) is 12.5 Å². The molecule has 0 unspecified atom stereocenters. The van der Waals surface area contributed by atoms with E-state index in [1.807, 2.05) is 12.1 Å². The number of hydrogen-bond donors (Lipinski definition) is 1. The molecular weight excluding hydrogens is 290 g/mol. The standard InChI is InChI=1S/C14H20BrN3/c15-13-7-5-12(6-8-13)11-17-14(16)18-9-3-1-2-4-10-18/h5-8H,1-4,9-11H2,(H2,16,17). The van der Waals surface area contributed by atoms with Crippen molar-refractivity contribution in [3.63, 3.8) is 0 Å². The third-order valence-corrected chi connectivity index (χ3v) is 3.80. The third-order valence-electron chi connectivity index (χ3n) is 3.27. The van der Waals surface area contributed by atoms with E-state index in [0.717, 1.165) is 17.6 Å². The number of nitrogens with two attached hydrogens (primary N) is 1. The minimum Gasteiger partial charge on any atom is -0.370 e. The van der Waals surface area contributed by atoms with Crippen LogP contribution in [0.5, 0.6) is 0 Å². The van der Waals surface area contributed by atoms with Gasteiger partial charge in [0.25, 0.3) is 0 Å². The van der Waals surface area contributed by atoms with Gasteiger partial charge >= 0.3 is 0 Å². The normalized spacial score (nSPS) is 17.6. The molecule has 4 heteroatoms. The largest absolute Gasteiger partial charge is 0.370 e. The molecule has 1 heterocycles. The van der Waals surface area contributed by atoms with Crippen LogP contribution in [0.1, 0.15) is 31.2 Å². The lowest BCUT2D eigenvalue weighted by Gasteiger charge is -2.21. The Labute approximate surface area is 117 Å². The quantitative estimate of drug-likeness (QED) is 0.673. The minimum absolute atomic E-state index is 0.662. The molecule has 3 nitrogen and oxygen atoms in total. The van der Waals surface area contributed by atoms with Crippen LogP contribution in [0.25, 0.3) is 0 Å². The van der Waals surface area contributed by atoms with Crippen LogP contribution in [0.3, 0.4) is 0 Å². The molecule has 0 spiro atoms. The Hall–Kier alpha value is -1.03. The molecule has 2 rings (SSSR count). The van der Waals surface area contributed by atoms with Crippen LogP contribution in [-0.2, 0) is 6.54 Å². The van der Waals surface area contributed by atoms with Crippen molar-refractivity contribution in [2.75, 3.05) is 13.1 Å². The Bertz CT molecular complexity index is 392. The van der Waals surface area contributed by atoms with Crippen molar-refractivity contribution in [2.45, 2.75) is 32.2 Å². The zero-order valence-corrected chi connectivity index (χ0v) is 12.2. The molecule has 1 aromatic carbocycles. The van der Waals surface area contributed by atoms with E-state index in [1.54, 1.807) is 0 Å². The van der Waals surface area contributed by atoms with Crippen molar-refractivity contribution < 1.29 is 0 Å². The van der Waals surface area contributed by atoms with Crippen molar-refractivity contribution in [3.8, 4) is 0 Å². The van der Waals surface area contributed by atoms with Crippen LogP contribution in [0.15, 0.2) is 33.7 Å². The monoisotopic (exact) mass is 309 g/mol. The average Bonchev–Trinajstić information content (AvgIpc) is 2.66. The zero-order valence-electron chi connectivity index (χ0n) is 10.6. The first kappa shape index (κ1) is 13.4. The first-order valence-electron chi connectivity index (χ1n) is 6.55. The third kappa shape index (κ3) is 4.02. The van der Waals surface area contributed by atoms with Gasteiger partial charge in [0.15, 0.2) is 5.96 Å². The van der Waals surface area contributed by atoms with Crippen molar-refractivity contribution in [1.82, 2.24) is 4.90 Å². The van der Waals surface area contributed by atoms with Crippen molar-refractivity contribution in [1.29, 1.82) is 0 Å². The van der Waals surface area contributed by atoms with Gasteiger partial charge in [0.2, 0.25) is 0 Å². The van der Waals surface area contributed by atoms with Crippen LogP contribution in [0.2, 0.25) is 0 Å². The second-order valence-electron chi connectivity index (χ2n) is 4.70. The van der Waals surface area contributed by atoms with Crippen LogP contribution >= 0.6 is 15.9 Å². The molecule has 0 saturated carbocycles. The first-order chi connectivity index (χ1) is 8.75. The molecule has 0 aliphatic carbocycles. The Balaban J connectivity index is 1.93.